The summed E-state index contributed by atoms with van der Waals surface area (Å²) in [6.45, 7) is 2.51. The molecule has 0 spiro atoms. The molecule has 5 heteroatoms. The number of hydrogen-bond acceptors (Lipinski definition) is 4. The number of rotatable bonds is 6. The highest BCUT2D eigenvalue weighted by molar-refractivity contribution is 5.94. The van der Waals surface area contributed by atoms with Gasteiger partial charge in [-0.05, 0) is 30.2 Å². The van der Waals surface area contributed by atoms with Crippen molar-refractivity contribution in [1.82, 2.24) is 15.3 Å². The number of nitrogens with one attached hydrogen (secondary N) is 2. The van der Waals surface area contributed by atoms with E-state index in [9.17, 15) is 4.79 Å². The van der Waals surface area contributed by atoms with Crippen molar-refractivity contribution < 1.29 is 4.79 Å². The minimum Gasteiger partial charge on any atom is -0.377 e. The number of carbonyl (C=O) groups excluding carboxylic acids is 1. The molecule has 1 unspecified atom stereocenters. The fraction of sp³-hybridized carbons (Fsp3) is 0.150. The Bertz CT molecular complexity index is 821. The first-order chi connectivity index (χ1) is 12.2. The summed E-state index contributed by atoms with van der Waals surface area (Å²) in [7, 11) is 0. The van der Waals surface area contributed by atoms with E-state index in [-0.39, 0.29) is 11.9 Å². The van der Waals surface area contributed by atoms with E-state index in [1.54, 1.807) is 24.8 Å². The van der Waals surface area contributed by atoms with Crippen LogP contribution in [-0.4, -0.2) is 15.9 Å². The Hall–Kier alpha value is -3.21. The fourth-order valence-electron chi connectivity index (χ4n) is 2.51. The molecule has 2 N–H and O–H groups in total. The van der Waals surface area contributed by atoms with E-state index in [1.807, 2.05) is 36.4 Å². The molecule has 25 heavy (non-hydrogen) atoms. The third kappa shape index (κ3) is 4.64. The summed E-state index contributed by atoms with van der Waals surface area (Å²) in [5.74, 6) is -0.160. The zero-order valence-electron chi connectivity index (χ0n) is 14.0. The van der Waals surface area contributed by atoms with Crippen molar-refractivity contribution in [2.24, 2.45) is 0 Å². The molecule has 1 amide bonds. The molecule has 0 saturated heterocycles. The van der Waals surface area contributed by atoms with Crippen molar-refractivity contribution in [3.8, 4) is 0 Å². The molecule has 2 heterocycles. The first-order valence-corrected chi connectivity index (χ1v) is 8.16. The molecule has 1 atom stereocenters. The van der Waals surface area contributed by atoms with E-state index < -0.39 is 0 Å². The van der Waals surface area contributed by atoms with Crippen molar-refractivity contribution in [3.05, 3.63) is 90.0 Å². The Balaban J connectivity index is 1.63. The van der Waals surface area contributed by atoms with Crippen LogP contribution in [0.3, 0.4) is 0 Å². The van der Waals surface area contributed by atoms with Gasteiger partial charge in [0, 0.05) is 37.4 Å². The Morgan fingerprint density at radius 3 is 2.64 bits per heavy atom. The summed E-state index contributed by atoms with van der Waals surface area (Å²) in [4.78, 5) is 20.5. The number of carbonyl (C=O) groups is 1. The number of benzene rings is 1. The van der Waals surface area contributed by atoms with E-state index in [1.165, 1.54) is 5.56 Å². The van der Waals surface area contributed by atoms with Crippen LogP contribution in [0, 0.1) is 0 Å². The van der Waals surface area contributed by atoms with Crippen molar-refractivity contribution in [1.29, 1.82) is 0 Å². The molecule has 3 rings (SSSR count). The zero-order valence-corrected chi connectivity index (χ0v) is 14.0. The zero-order chi connectivity index (χ0) is 17.5. The van der Waals surface area contributed by atoms with E-state index in [0.29, 0.717) is 12.1 Å². The van der Waals surface area contributed by atoms with Crippen LogP contribution >= 0.6 is 0 Å². The topological polar surface area (TPSA) is 66.9 Å². The number of amides is 1. The van der Waals surface area contributed by atoms with Crippen LogP contribution in [0.1, 0.15) is 34.5 Å². The molecule has 0 aliphatic rings. The van der Waals surface area contributed by atoms with Crippen LogP contribution in [0.25, 0.3) is 0 Å². The molecule has 0 saturated carbocycles. The second-order valence-electron chi connectivity index (χ2n) is 5.78. The summed E-state index contributed by atoms with van der Waals surface area (Å²) in [5.41, 5.74) is 3.46. The number of nitrogens with zero attached hydrogens (tertiary/aromatic N) is 2. The Morgan fingerprint density at radius 1 is 1.04 bits per heavy atom. The molecule has 0 aliphatic carbocycles. The van der Waals surface area contributed by atoms with Gasteiger partial charge in [-0.25, -0.2) is 0 Å². The SMILES string of the molecule is CC(Nc1cncc(C(=O)NCc2cccnc2)c1)c1ccccc1. The molecule has 0 radical (unpaired) electrons. The highest BCUT2D eigenvalue weighted by atomic mass is 16.1. The third-order valence-electron chi connectivity index (χ3n) is 3.86. The summed E-state index contributed by atoms with van der Waals surface area (Å²) in [6, 6.07) is 15.8. The predicted octanol–water partition coefficient (Wildman–Crippen LogP) is 3.58. The molecule has 0 bridgehead atoms. The van der Waals surface area contributed by atoms with E-state index in [0.717, 1.165) is 11.3 Å². The van der Waals surface area contributed by atoms with Crippen molar-refractivity contribution in [2.75, 3.05) is 5.32 Å². The van der Waals surface area contributed by atoms with E-state index in [2.05, 4.69) is 39.7 Å². The van der Waals surface area contributed by atoms with Crippen LogP contribution < -0.4 is 10.6 Å². The van der Waals surface area contributed by atoms with Gasteiger partial charge in [-0.3, -0.25) is 14.8 Å². The largest absolute Gasteiger partial charge is 0.377 e. The van der Waals surface area contributed by atoms with Gasteiger partial charge in [0.05, 0.1) is 11.3 Å². The Morgan fingerprint density at radius 2 is 1.88 bits per heavy atom. The average Bonchev–Trinajstić information content (AvgIpc) is 2.68. The lowest BCUT2D eigenvalue weighted by molar-refractivity contribution is 0.0950. The normalized spacial score (nSPS) is 11.6. The molecule has 0 fully saturated rings. The number of pyridine rings is 2. The fourth-order valence-corrected chi connectivity index (χ4v) is 2.51. The van der Waals surface area contributed by atoms with Gasteiger partial charge in [0.15, 0.2) is 0 Å². The van der Waals surface area contributed by atoms with Crippen LogP contribution in [0.2, 0.25) is 0 Å². The van der Waals surface area contributed by atoms with Crippen LogP contribution in [0.5, 0.6) is 0 Å². The molecule has 5 nitrogen and oxygen atoms in total. The van der Waals surface area contributed by atoms with Gasteiger partial charge in [-0.2, -0.15) is 0 Å². The lowest BCUT2D eigenvalue weighted by Gasteiger charge is -2.16. The first kappa shape index (κ1) is 16.6. The van der Waals surface area contributed by atoms with Gasteiger partial charge >= 0.3 is 0 Å². The lowest BCUT2D eigenvalue weighted by Crippen LogP contribution is -2.23. The summed E-state index contributed by atoms with van der Waals surface area (Å²) < 4.78 is 0. The molecule has 3 aromatic rings. The van der Waals surface area contributed by atoms with E-state index in [4.69, 9.17) is 0 Å². The smallest absolute Gasteiger partial charge is 0.253 e. The molecule has 126 valence electrons. The minimum absolute atomic E-state index is 0.122. The van der Waals surface area contributed by atoms with Gasteiger partial charge < -0.3 is 10.6 Å². The number of hydrogen-bond donors (Lipinski definition) is 2. The second kappa shape index (κ2) is 8.06. The van der Waals surface area contributed by atoms with Crippen molar-refractivity contribution in [2.45, 2.75) is 19.5 Å². The predicted molar refractivity (Wildman–Crippen MR) is 98.1 cm³/mol. The maximum atomic E-state index is 12.3. The maximum absolute atomic E-state index is 12.3. The quantitative estimate of drug-likeness (QED) is 0.724. The van der Waals surface area contributed by atoms with Gasteiger partial charge in [0.2, 0.25) is 0 Å². The number of anilines is 1. The minimum atomic E-state index is -0.160. The van der Waals surface area contributed by atoms with Crippen LogP contribution in [0.15, 0.2) is 73.3 Å². The van der Waals surface area contributed by atoms with Gasteiger partial charge in [0.1, 0.15) is 0 Å². The van der Waals surface area contributed by atoms with Crippen LogP contribution in [-0.2, 0) is 6.54 Å². The highest BCUT2D eigenvalue weighted by Gasteiger charge is 2.09. The Labute approximate surface area is 147 Å². The number of aromatic nitrogens is 2. The van der Waals surface area contributed by atoms with Gasteiger partial charge in [-0.15, -0.1) is 0 Å². The molecule has 1 aromatic carbocycles. The standard InChI is InChI=1S/C20H20N4O/c1-15(17-7-3-2-4-8-17)24-19-10-18(13-22-14-19)20(25)23-12-16-6-5-9-21-11-16/h2-11,13-15,24H,12H2,1H3,(H,23,25). The van der Waals surface area contributed by atoms with Gasteiger partial charge in [0.25, 0.3) is 5.91 Å². The first-order valence-electron chi connectivity index (χ1n) is 8.16. The van der Waals surface area contributed by atoms with Crippen molar-refractivity contribution in [3.63, 3.8) is 0 Å². The van der Waals surface area contributed by atoms with E-state index >= 15 is 0 Å². The third-order valence-corrected chi connectivity index (χ3v) is 3.86. The monoisotopic (exact) mass is 332 g/mol. The molecular weight excluding hydrogens is 312 g/mol. The Kier molecular flexibility index (Phi) is 5.36. The lowest BCUT2D eigenvalue weighted by atomic mass is 10.1. The molecule has 2 aromatic heterocycles. The summed E-state index contributed by atoms with van der Waals surface area (Å²) in [5, 5.41) is 6.26. The maximum Gasteiger partial charge on any atom is 0.253 e. The molecule has 0 aliphatic heterocycles. The van der Waals surface area contributed by atoms with Crippen LogP contribution in [0.4, 0.5) is 5.69 Å². The average molecular weight is 332 g/mol. The second-order valence-corrected chi connectivity index (χ2v) is 5.78. The summed E-state index contributed by atoms with van der Waals surface area (Å²) in [6.07, 6.45) is 6.73. The molecular formula is C20H20N4O. The van der Waals surface area contributed by atoms with Crippen molar-refractivity contribution >= 4 is 11.6 Å². The van der Waals surface area contributed by atoms with Gasteiger partial charge in [-0.1, -0.05) is 36.4 Å². The summed E-state index contributed by atoms with van der Waals surface area (Å²) >= 11 is 0. The highest BCUT2D eigenvalue weighted by Crippen LogP contribution is 2.19.